The van der Waals surface area contributed by atoms with Crippen molar-refractivity contribution in [2.75, 3.05) is 6.61 Å². The van der Waals surface area contributed by atoms with Crippen LogP contribution in [0.2, 0.25) is 5.02 Å². The average Bonchev–Trinajstić information content (AvgIpc) is 2.91. The predicted octanol–water partition coefficient (Wildman–Crippen LogP) is 2.06. The second-order valence-corrected chi connectivity index (χ2v) is 3.25. The lowest BCUT2D eigenvalue weighted by Crippen LogP contribution is -2.09. The Morgan fingerprint density at radius 1 is 1.62 bits per heavy atom. The number of carbonyl (C=O) groups excluding carboxylic acids is 1. The first-order chi connectivity index (χ1) is 6.18. The van der Waals surface area contributed by atoms with Crippen LogP contribution in [0.5, 0.6) is 0 Å². The van der Waals surface area contributed by atoms with E-state index >= 15 is 0 Å². The van der Waals surface area contributed by atoms with Crippen LogP contribution in [0.25, 0.3) is 0 Å². The van der Waals surface area contributed by atoms with Crippen molar-refractivity contribution in [2.24, 2.45) is 0 Å². The molecule has 0 radical (unpaired) electrons. The van der Waals surface area contributed by atoms with E-state index in [1.165, 1.54) is 18.2 Å². The van der Waals surface area contributed by atoms with Crippen LogP contribution in [0.3, 0.4) is 0 Å². The third kappa shape index (κ3) is 1.71. The van der Waals surface area contributed by atoms with E-state index in [4.69, 9.17) is 16.3 Å². The van der Waals surface area contributed by atoms with Crippen LogP contribution in [0.15, 0.2) is 18.2 Å². The van der Waals surface area contributed by atoms with Gasteiger partial charge in [0.05, 0.1) is 12.2 Å². The van der Waals surface area contributed by atoms with Gasteiger partial charge in [-0.15, -0.1) is 0 Å². The molecule has 1 aromatic carbocycles. The van der Waals surface area contributed by atoms with Crippen molar-refractivity contribution < 1.29 is 13.9 Å². The molecule has 1 heterocycles. The van der Waals surface area contributed by atoms with Gasteiger partial charge in [-0.25, -0.2) is 4.39 Å². The summed E-state index contributed by atoms with van der Waals surface area (Å²) in [6.07, 6.45) is -0.465. The summed E-state index contributed by atoms with van der Waals surface area (Å²) in [7, 11) is 0. The van der Waals surface area contributed by atoms with Crippen molar-refractivity contribution >= 4 is 17.4 Å². The Kier molecular flexibility index (Phi) is 2.06. The molecule has 1 saturated heterocycles. The number of epoxide rings is 1. The third-order valence-electron chi connectivity index (χ3n) is 1.82. The van der Waals surface area contributed by atoms with Gasteiger partial charge in [-0.1, -0.05) is 11.6 Å². The highest BCUT2D eigenvalue weighted by molar-refractivity contribution is 6.31. The van der Waals surface area contributed by atoms with Gasteiger partial charge >= 0.3 is 0 Å². The number of benzene rings is 1. The highest BCUT2D eigenvalue weighted by atomic mass is 35.5. The summed E-state index contributed by atoms with van der Waals surface area (Å²) in [5.41, 5.74) is 0.00926. The number of Topliss-reactive ketones (excluding diaryl/α,β-unsaturated/α-hetero) is 1. The van der Waals surface area contributed by atoms with Crippen molar-refractivity contribution in [1.29, 1.82) is 0 Å². The Balaban J connectivity index is 2.37. The normalized spacial score (nSPS) is 20.0. The molecule has 1 aliphatic heterocycles. The molecule has 0 amide bonds. The van der Waals surface area contributed by atoms with Crippen LogP contribution in [0.4, 0.5) is 4.39 Å². The van der Waals surface area contributed by atoms with E-state index in [0.29, 0.717) is 11.6 Å². The monoisotopic (exact) mass is 200 g/mol. The molecular weight excluding hydrogens is 195 g/mol. The number of hydrogen-bond acceptors (Lipinski definition) is 2. The van der Waals surface area contributed by atoms with Crippen LogP contribution >= 0.6 is 11.6 Å². The molecule has 0 aromatic heterocycles. The number of ketones is 1. The zero-order valence-electron chi connectivity index (χ0n) is 6.59. The van der Waals surface area contributed by atoms with Crippen LogP contribution in [0.1, 0.15) is 10.4 Å². The quantitative estimate of drug-likeness (QED) is 0.540. The number of halogens is 2. The summed E-state index contributed by atoms with van der Waals surface area (Å²) >= 11 is 5.63. The molecule has 4 heteroatoms. The van der Waals surface area contributed by atoms with Crippen molar-refractivity contribution in [3.63, 3.8) is 0 Å². The molecule has 1 aliphatic rings. The number of hydrogen-bond donors (Lipinski definition) is 0. The van der Waals surface area contributed by atoms with Gasteiger partial charge < -0.3 is 4.74 Å². The second-order valence-electron chi connectivity index (χ2n) is 2.81. The lowest BCUT2D eigenvalue weighted by atomic mass is 10.1. The van der Waals surface area contributed by atoms with Gasteiger partial charge in [0, 0.05) is 5.02 Å². The van der Waals surface area contributed by atoms with E-state index in [2.05, 4.69) is 0 Å². The summed E-state index contributed by atoms with van der Waals surface area (Å²) in [5.74, 6) is -0.884. The highest BCUT2D eigenvalue weighted by Crippen LogP contribution is 2.21. The standard InChI is InChI=1S/C9H6ClFO2/c10-5-1-2-7(11)6(3-5)9(12)8-4-13-8/h1-3,8H,4H2. The van der Waals surface area contributed by atoms with Crippen LogP contribution < -0.4 is 0 Å². The Morgan fingerprint density at radius 3 is 2.92 bits per heavy atom. The van der Waals surface area contributed by atoms with E-state index in [1.807, 2.05) is 0 Å². The molecule has 2 nitrogen and oxygen atoms in total. The molecule has 0 saturated carbocycles. The molecule has 13 heavy (non-hydrogen) atoms. The maximum Gasteiger partial charge on any atom is 0.196 e. The number of rotatable bonds is 2. The van der Waals surface area contributed by atoms with Gasteiger partial charge in [0.2, 0.25) is 0 Å². The third-order valence-corrected chi connectivity index (χ3v) is 2.05. The smallest absolute Gasteiger partial charge is 0.196 e. The van der Waals surface area contributed by atoms with Gasteiger partial charge in [-0.3, -0.25) is 4.79 Å². The topological polar surface area (TPSA) is 29.6 Å². The molecule has 68 valence electrons. The van der Waals surface area contributed by atoms with Gasteiger partial charge in [-0.05, 0) is 18.2 Å². The van der Waals surface area contributed by atoms with Crippen LogP contribution in [-0.4, -0.2) is 18.5 Å². The molecule has 0 spiro atoms. The Hall–Kier alpha value is -0.930. The molecular formula is C9H6ClFO2. The minimum absolute atomic E-state index is 0.00926. The first-order valence-electron chi connectivity index (χ1n) is 3.79. The molecule has 1 aromatic rings. The molecule has 0 aliphatic carbocycles. The van der Waals surface area contributed by atoms with Gasteiger partial charge in [0.1, 0.15) is 11.9 Å². The predicted molar refractivity (Wildman–Crippen MR) is 45.5 cm³/mol. The summed E-state index contributed by atoms with van der Waals surface area (Å²) < 4.78 is 17.8. The van der Waals surface area contributed by atoms with E-state index in [0.717, 1.165) is 0 Å². The first kappa shape index (κ1) is 8.66. The summed E-state index contributed by atoms with van der Waals surface area (Å²) in [6.45, 7) is 0.380. The average molecular weight is 201 g/mol. The minimum atomic E-state index is -0.551. The van der Waals surface area contributed by atoms with Gasteiger partial charge in [0.25, 0.3) is 0 Å². The van der Waals surface area contributed by atoms with Crippen molar-refractivity contribution in [2.45, 2.75) is 6.10 Å². The second kappa shape index (κ2) is 3.09. The van der Waals surface area contributed by atoms with E-state index < -0.39 is 11.9 Å². The van der Waals surface area contributed by atoms with Crippen molar-refractivity contribution in [1.82, 2.24) is 0 Å². The fraction of sp³-hybridized carbons (Fsp3) is 0.222. The zero-order valence-corrected chi connectivity index (χ0v) is 7.34. The SMILES string of the molecule is O=C(c1cc(Cl)ccc1F)C1CO1. The molecule has 1 fully saturated rings. The Labute approximate surface area is 79.3 Å². The summed E-state index contributed by atoms with van der Waals surface area (Å²) in [6, 6.07) is 3.90. The Bertz CT molecular complexity index is 361. The van der Waals surface area contributed by atoms with Crippen LogP contribution in [0, 0.1) is 5.82 Å². The van der Waals surface area contributed by atoms with Gasteiger partial charge in [-0.2, -0.15) is 0 Å². The Morgan fingerprint density at radius 2 is 2.31 bits per heavy atom. The minimum Gasteiger partial charge on any atom is -0.364 e. The zero-order chi connectivity index (χ0) is 9.42. The fourth-order valence-corrected chi connectivity index (χ4v) is 1.23. The lowest BCUT2D eigenvalue weighted by molar-refractivity contribution is 0.0949. The highest BCUT2D eigenvalue weighted by Gasteiger charge is 2.33. The summed E-state index contributed by atoms with van der Waals surface area (Å²) in [4.78, 5) is 11.4. The molecule has 1 unspecified atom stereocenters. The maximum atomic E-state index is 13.1. The largest absolute Gasteiger partial charge is 0.364 e. The maximum absolute atomic E-state index is 13.1. The van der Waals surface area contributed by atoms with Crippen molar-refractivity contribution in [3.05, 3.63) is 34.6 Å². The summed E-state index contributed by atoms with van der Waals surface area (Å²) in [5, 5.41) is 0.352. The van der Waals surface area contributed by atoms with E-state index in [-0.39, 0.29) is 11.3 Å². The van der Waals surface area contributed by atoms with Crippen LogP contribution in [-0.2, 0) is 4.74 Å². The molecule has 1 atom stereocenters. The fourth-order valence-electron chi connectivity index (χ4n) is 1.06. The number of carbonyl (C=O) groups is 1. The lowest BCUT2D eigenvalue weighted by Gasteiger charge is -1.99. The molecule has 0 bridgehead atoms. The van der Waals surface area contributed by atoms with E-state index in [1.54, 1.807) is 0 Å². The number of ether oxygens (including phenoxy) is 1. The van der Waals surface area contributed by atoms with Crippen molar-refractivity contribution in [3.8, 4) is 0 Å². The van der Waals surface area contributed by atoms with E-state index in [9.17, 15) is 9.18 Å². The first-order valence-corrected chi connectivity index (χ1v) is 4.17. The molecule has 0 N–H and O–H groups in total. The van der Waals surface area contributed by atoms with Gasteiger partial charge in [0.15, 0.2) is 5.78 Å². The molecule has 2 rings (SSSR count).